The highest BCUT2D eigenvalue weighted by atomic mass is 16.1. The van der Waals surface area contributed by atoms with Crippen LogP contribution >= 0.6 is 0 Å². The van der Waals surface area contributed by atoms with E-state index in [9.17, 15) is 4.79 Å². The van der Waals surface area contributed by atoms with E-state index in [1.165, 1.54) is 0 Å². The van der Waals surface area contributed by atoms with E-state index >= 15 is 0 Å². The van der Waals surface area contributed by atoms with Gasteiger partial charge in [-0.05, 0) is 17.5 Å². The molecule has 0 saturated carbocycles. The van der Waals surface area contributed by atoms with Gasteiger partial charge < -0.3 is 9.88 Å². The first-order valence-electron chi connectivity index (χ1n) is 6.00. The molecule has 1 N–H and O–H groups in total. The molecule has 0 spiro atoms. The Hall–Kier alpha value is -1.61. The van der Waals surface area contributed by atoms with Gasteiger partial charge in [0.2, 0.25) is 0 Å². The molecule has 0 bridgehead atoms. The van der Waals surface area contributed by atoms with Crippen molar-refractivity contribution in [3.05, 3.63) is 46.8 Å². The van der Waals surface area contributed by atoms with Crippen molar-refractivity contribution in [1.29, 1.82) is 0 Å². The molecule has 90 valence electrons. The van der Waals surface area contributed by atoms with Gasteiger partial charge in [0.25, 0.3) is 5.56 Å². The third-order valence-corrected chi connectivity index (χ3v) is 2.79. The molecule has 2 rings (SSSR count). The van der Waals surface area contributed by atoms with Gasteiger partial charge in [-0.1, -0.05) is 32.0 Å². The van der Waals surface area contributed by atoms with Crippen LogP contribution in [0.1, 0.15) is 13.8 Å². The number of aromatic nitrogens is 1. The Morgan fingerprint density at radius 1 is 1.18 bits per heavy atom. The van der Waals surface area contributed by atoms with Gasteiger partial charge in [0.1, 0.15) is 0 Å². The number of nitrogens with zero attached hydrogens (tertiary/aromatic N) is 1. The first-order chi connectivity index (χ1) is 8.18. The fourth-order valence-corrected chi connectivity index (χ4v) is 1.94. The SMILES string of the molecule is CC(C)NCCn1c(=O)ccc2ccccc21. The lowest BCUT2D eigenvalue weighted by Gasteiger charge is -2.12. The Balaban J connectivity index is 2.31. The summed E-state index contributed by atoms with van der Waals surface area (Å²) in [5, 5.41) is 4.43. The summed E-state index contributed by atoms with van der Waals surface area (Å²) in [5.74, 6) is 0. The summed E-state index contributed by atoms with van der Waals surface area (Å²) in [4.78, 5) is 11.8. The normalized spacial score (nSPS) is 11.2. The molecule has 17 heavy (non-hydrogen) atoms. The second-order valence-electron chi connectivity index (χ2n) is 4.49. The number of hydrogen-bond acceptors (Lipinski definition) is 2. The van der Waals surface area contributed by atoms with Crippen LogP contribution in [0.4, 0.5) is 0 Å². The molecule has 0 aliphatic heterocycles. The van der Waals surface area contributed by atoms with Crippen LogP contribution in [0.3, 0.4) is 0 Å². The quantitative estimate of drug-likeness (QED) is 0.871. The van der Waals surface area contributed by atoms with Crippen molar-refractivity contribution >= 4 is 10.9 Å². The molecular formula is C14H18N2O. The van der Waals surface area contributed by atoms with Gasteiger partial charge in [0.05, 0.1) is 5.52 Å². The van der Waals surface area contributed by atoms with Crippen molar-refractivity contribution in [1.82, 2.24) is 9.88 Å². The smallest absolute Gasteiger partial charge is 0.251 e. The van der Waals surface area contributed by atoms with Crippen LogP contribution in [0.2, 0.25) is 0 Å². The Bertz CT molecular complexity index is 557. The van der Waals surface area contributed by atoms with Crippen molar-refractivity contribution in [3.63, 3.8) is 0 Å². The van der Waals surface area contributed by atoms with E-state index in [2.05, 4.69) is 19.2 Å². The molecule has 0 amide bonds. The summed E-state index contributed by atoms with van der Waals surface area (Å²) >= 11 is 0. The number of nitrogens with one attached hydrogen (secondary N) is 1. The predicted octanol–water partition coefficient (Wildman–Crippen LogP) is 2.00. The molecule has 1 aromatic carbocycles. The Kier molecular flexibility index (Phi) is 3.59. The Labute approximate surface area is 101 Å². The summed E-state index contributed by atoms with van der Waals surface area (Å²) in [6.07, 6.45) is 0. The minimum atomic E-state index is 0.0641. The minimum Gasteiger partial charge on any atom is -0.313 e. The van der Waals surface area contributed by atoms with Gasteiger partial charge in [0, 0.05) is 25.2 Å². The molecule has 0 radical (unpaired) electrons. The van der Waals surface area contributed by atoms with E-state index in [4.69, 9.17) is 0 Å². The average Bonchev–Trinajstić information content (AvgIpc) is 2.32. The van der Waals surface area contributed by atoms with E-state index in [0.717, 1.165) is 17.4 Å². The van der Waals surface area contributed by atoms with Gasteiger partial charge in [-0.15, -0.1) is 0 Å². The average molecular weight is 230 g/mol. The van der Waals surface area contributed by atoms with Crippen LogP contribution in [0, 0.1) is 0 Å². The van der Waals surface area contributed by atoms with Crippen LogP contribution in [-0.4, -0.2) is 17.2 Å². The molecule has 0 atom stereocenters. The number of pyridine rings is 1. The molecule has 0 fully saturated rings. The summed E-state index contributed by atoms with van der Waals surface area (Å²) < 4.78 is 1.82. The van der Waals surface area contributed by atoms with E-state index in [1.54, 1.807) is 6.07 Å². The summed E-state index contributed by atoms with van der Waals surface area (Å²) in [6.45, 7) is 5.72. The monoisotopic (exact) mass is 230 g/mol. The molecule has 1 heterocycles. The van der Waals surface area contributed by atoms with Crippen molar-refractivity contribution < 1.29 is 0 Å². The van der Waals surface area contributed by atoms with Crippen molar-refractivity contribution in [2.45, 2.75) is 26.4 Å². The third-order valence-electron chi connectivity index (χ3n) is 2.79. The molecule has 1 aromatic heterocycles. The maximum absolute atomic E-state index is 11.8. The van der Waals surface area contributed by atoms with Crippen LogP contribution in [-0.2, 0) is 6.54 Å². The van der Waals surface area contributed by atoms with Gasteiger partial charge in [-0.25, -0.2) is 0 Å². The lowest BCUT2D eigenvalue weighted by Crippen LogP contribution is -2.30. The molecule has 0 aliphatic carbocycles. The third kappa shape index (κ3) is 2.74. The largest absolute Gasteiger partial charge is 0.313 e. The maximum atomic E-state index is 11.8. The van der Waals surface area contributed by atoms with Crippen molar-refractivity contribution in [2.24, 2.45) is 0 Å². The number of para-hydroxylation sites is 1. The summed E-state index contributed by atoms with van der Waals surface area (Å²) in [7, 11) is 0. The van der Waals surface area contributed by atoms with Crippen LogP contribution < -0.4 is 10.9 Å². The van der Waals surface area contributed by atoms with Crippen LogP contribution in [0.25, 0.3) is 10.9 Å². The fourth-order valence-electron chi connectivity index (χ4n) is 1.94. The van der Waals surface area contributed by atoms with E-state index in [1.807, 2.05) is 34.9 Å². The predicted molar refractivity (Wildman–Crippen MR) is 71.3 cm³/mol. The number of benzene rings is 1. The van der Waals surface area contributed by atoms with Gasteiger partial charge in [0.15, 0.2) is 0 Å². The second kappa shape index (κ2) is 5.15. The molecule has 0 saturated heterocycles. The van der Waals surface area contributed by atoms with Crippen molar-refractivity contribution in [3.8, 4) is 0 Å². The lowest BCUT2D eigenvalue weighted by molar-refractivity contribution is 0.541. The summed E-state index contributed by atoms with van der Waals surface area (Å²) in [6, 6.07) is 11.9. The number of hydrogen-bond donors (Lipinski definition) is 1. The minimum absolute atomic E-state index is 0.0641. The highest BCUT2D eigenvalue weighted by Gasteiger charge is 2.02. The van der Waals surface area contributed by atoms with E-state index in [0.29, 0.717) is 12.6 Å². The molecule has 3 heteroatoms. The zero-order valence-electron chi connectivity index (χ0n) is 10.3. The van der Waals surface area contributed by atoms with E-state index in [-0.39, 0.29) is 5.56 Å². The van der Waals surface area contributed by atoms with E-state index < -0.39 is 0 Å². The highest BCUT2D eigenvalue weighted by Crippen LogP contribution is 2.10. The molecular weight excluding hydrogens is 212 g/mol. The number of fused-ring (bicyclic) bond motifs is 1. The zero-order chi connectivity index (χ0) is 12.3. The zero-order valence-corrected chi connectivity index (χ0v) is 10.3. The molecule has 0 aliphatic rings. The molecule has 0 unspecified atom stereocenters. The molecule has 3 nitrogen and oxygen atoms in total. The first kappa shape index (κ1) is 11.9. The van der Waals surface area contributed by atoms with Crippen LogP contribution in [0.15, 0.2) is 41.2 Å². The van der Waals surface area contributed by atoms with Crippen molar-refractivity contribution in [2.75, 3.05) is 6.54 Å². The first-order valence-corrected chi connectivity index (χ1v) is 6.00. The van der Waals surface area contributed by atoms with Gasteiger partial charge >= 0.3 is 0 Å². The topological polar surface area (TPSA) is 34.0 Å². The van der Waals surface area contributed by atoms with Crippen LogP contribution in [0.5, 0.6) is 0 Å². The fraction of sp³-hybridized carbons (Fsp3) is 0.357. The Morgan fingerprint density at radius 3 is 2.71 bits per heavy atom. The van der Waals surface area contributed by atoms with Gasteiger partial charge in [-0.3, -0.25) is 4.79 Å². The summed E-state index contributed by atoms with van der Waals surface area (Å²) in [5.41, 5.74) is 1.07. The maximum Gasteiger partial charge on any atom is 0.251 e. The highest BCUT2D eigenvalue weighted by molar-refractivity contribution is 5.78. The molecule has 2 aromatic rings. The Morgan fingerprint density at radius 2 is 1.94 bits per heavy atom. The van der Waals surface area contributed by atoms with Gasteiger partial charge in [-0.2, -0.15) is 0 Å². The lowest BCUT2D eigenvalue weighted by atomic mass is 10.2. The standard InChI is InChI=1S/C14H18N2O/c1-11(2)15-9-10-16-13-6-4-3-5-12(13)7-8-14(16)17/h3-8,11,15H,9-10H2,1-2H3. The second-order valence-corrected chi connectivity index (χ2v) is 4.49. The number of rotatable bonds is 4.